The van der Waals surface area contributed by atoms with Crippen LogP contribution in [-0.4, -0.2) is 73.0 Å². The number of aliphatic hydroxyl groups is 1. The van der Waals surface area contributed by atoms with Crippen molar-refractivity contribution >= 4 is 17.6 Å². The Kier molecular flexibility index (Phi) is 4.63. The molecule has 1 aromatic rings. The third-order valence-electron chi connectivity index (χ3n) is 8.22. The van der Waals surface area contributed by atoms with Gasteiger partial charge in [-0.15, -0.1) is 0 Å². The summed E-state index contributed by atoms with van der Waals surface area (Å²) in [5.41, 5.74) is -1.55. The van der Waals surface area contributed by atoms with Crippen LogP contribution in [0.3, 0.4) is 0 Å². The first-order valence-electron chi connectivity index (χ1n) is 11.1. The minimum Gasteiger partial charge on any atom is -0.497 e. The molecule has 0 amide bonds. The number of carbonyl (C=O) groups is 2. The normalized spacial score (nSPS) is 38.8. The molecule has 8 nitrogen and oxygen atoms in total. The van der Waals surface area contributed by atoms with Crippen molar-refractivity contribution in [2.45, 2.75) is 55.9 Å². The van der Waals surface area contributed by atoms with Crippen LogP contribution < -0.4 is 10.1 Å². The molecular formula is C24H30N2O6. The van der Waals surface area contributed by atoms with E-state index in [4.69, 9.17) is 14.2 Å². The van der Waals surface area contributed by atoms with Crippen LogP contribution in [0.1, 0.15) is 32.3 Å². The number of ether oxygens (including phenoxy) is 3. The lowest BCUT2D eigenvalue weighted by atomic mass is 9.48. The fourth-order valence-corrected chi connectivity index (χ4v) is 7.18. The number of nitrogens with zero attached hydrogens (tertiary/aromatic N) is 1. The van der Waals surface area contributed by atoms with Crippen molar-refractivity contribution in [1.82, 2.24) is 4.90 Å². The Morgan fingerprint density at radius 3 is 2.75 bits per heavy atom. The van der Waals surface area contributed by atoms with E-state index in [0.29, 0.717) is 12.2 Å². The van der Waals surface area contributed by atoms with E-state index in [0.717, 1.165) is 30.8 Å². The van der Waals surface area contributed by atoms with E-state index in [1.54, 1.807) is 7.11 Å². The molecule has 32 heavy (non-hydrogen) atoms. The van der Waals surface area contributed by atoms with E-state index < -0.39 is 40.5 Å². The average molecular weight is 443 g/mol. The highest BCUT2D eigenvalue weighted by Gasteiger charge is 2.79. The zero-order chi connectivity index (χ0) is 22.9. The molecule has 0 unspecified atom stereocenters. The standard InChI is InChI=1S/C24H30N2O6/c1-5-22-9-6-11-26-12-10-23(19(22)26)16-8-7-15(30-3)13-17(16)25-18(23)24(29,21(28)31-4)20(22)32-14(2)27/h6-9,13,18-20,25,29H,5,10-12H2,1-4H3/t18-,19+,20-,22+,23+,24+/m0/s1. The quantitative estimate of drug-likeness (QED) is 0.536. The van der Waals surface area contributed by atoms with Gasteiger partial charge in [0.1, 0.15) is 5.75 Å². The number of anilines is 1. The molecule has 6 atom stereocenters. The minimum atomic E-state index is -2.09. The lowest BCUT2D eigenvalue weighted by Gasteiger charge is -2.62. The number of fused-ring (bicyclic) bond motifs is 1. The number of esters is 2. The Labute approximate surface area is 187 Å². The summed E-state index contributed by atoms with van der Waals surface area (Å²) in [5, 5.41) is 15.7. The van der Waals surface area contributed by atoms with Gasteiger partial charge in [0, 0.05) is 42.1 Å². The van der Waals surface area contributed by atoms with Crippen molar-refractivity contribution in [1.29, 1.82) is 0 Å². The van der Waals surface area contributed by atoms with Crippen LogP contribution in [0.5, 0.6) is 5.75 Å². The molecule has 3 aliphatic heterocycles. The predicted molar refractivity (Wildman–Crippen MR) is 116 cm³/mol. The van der Waals surface area contributed by atoms with Crippen molar-refractivity contribution in [2.75, 3.05) is 32.6 Å². The van der Waals surface area contributed by atoms with Crippen molar-refractivity contribution in [3.63, 3.8) is 0 Å². The van der Waals surface area contributed by atoms with Crippen LogP contribution in [0, 0.1) is 5.41 Å². The molecule has 4 aliphatic rings. The predicted octanol–water partition coefficient (Wildman–Crippen LogP) is 1.62. The molecule has 1 aliphatic carbocycles. The first-order chi connectivity index (χ1) is 15.3. The van der Waals surface area contributed by atoms with Crippen LogP contribution in [0.2, 0.25) is 0 Å². The molecule has 1 saturated heterocycles. The molecule has 2 fully saturated rings. The molecule has 0 aromatic heterocycles. The molecule has 2 N–H and O–H groups in total. The van der Waals surface area contributed by atoms with E-state index >= 15 is 0 Å². The van der Waals surface area contributed by atoms with Crippen molar-refractivity contribution in [3.8, 4) is 5.75 Å². The van der Waals surface area contributed by atoms with Crippen LogP contribution in [0.4, 0.5) is 5.69 Å². The van der Waals surface area contributed by atoms with Crippen LogP contribution in [0.25, 0.3) is 0 Å². The number of nitrogens with one attached hydrogen (secondary N) is 1. The summed E-state index contributed by atoms with van der Waals surface area (Å²) in [6.07, 6.45) is 4.35. The summed E-state index contributed by atoms with van der Waals surface area (Å²) in [7, 11) is 2.86. The summed E-state index contributed by atoms with van der Waals surface area (Å²) in [5.74, 6) is -0.660. The summed E-state index contributed by atoms with van der Waals surface area (Å²) in [6.45, 7) is 4.91. The topological polar surface area (TPSA) is 97.3 Å². The van der Waals surface area contributed by atoms with Gasteiger partial charge >= 0.3 is 11.9 Å². The van der Waals surface area contributed by atoms with Gasteiger partial charge in [-0.2, -0.15) is 0 Å². The number of methoxy groups -OCH3 is 2. The Bertz CT molecular complexity index is 1010. The van der Waals surface area contributed by atoms with Gasteiger partial charge in [0.2, 0.25) is 5.60 Å². The highest BCUT2D eigenvalue weighted by molar-refractivity contribution is 5.86. The highest BCUT2D eigenvalue weighted by Crippen LogP contribution is 2.66. The lowest BCUT2D eigenvalue weighted by molar-refractivity contribution is -0.226. The molecule has 5 rings (SSSR count). The number of hydrogen-bond acceptors (Lipinski definition) is 8. The molecule has 1 spiro atoms. The molecule has 172 valence electrons. The van der Waals surface area contributed by atoms with Gasteiger partial charge in [0.15, 0.2) is 6.10 Å². The van der Waals surface area contributed by atoms with Gasteiger partial charge in [-0.1, -0.05) is 25.1 Å². The minimum absolute atomic E-state index is 0.0635. The van der Waals surface area contributed by atoms with E-state index in [1.165, 1.54) is 14.0 Å². The Balaban J connectivity index is 1.82. The van der Waals surface area contributed by atoms with Gasteiger partial charge < -0.3 is 24.6 Å². The summed E-state index contributed by atoms with van der Waals surface area (Å²) >= 11 is 0. The molecule has 1 aromatic carbocycles. The Hall–Kier alpha value is -2.58. The zero-order valence-electron chi connectivity index (χ0n) is 18.9. The van der Waals surface area contributed by atoms with Crippen molar-refractivity contribution in [3.05, 3.63) is 35.9 Å². The van der Waals surface area contributed by atoms with Crippen LogP contribution in [-0.2, 0) is 24.5 Å². The second-order valence-electron chi connectivity index (χ2n) is 9.35. The Morgan fingerprint density at radius 1 is 1.31 bits per heavy atom. The smallest absolute Gasteiger partial charge is 0.344 e. The molecule has 1 saturated carbocycles. The van der Waals surface area contributed by atoms with E-state index in [1.807, 2.05) is 25.1 Å². The van der Waals surface area contributed by atoms with E-state index in [2.05, 4.69) is 22.4 Å². The molecule has 0 radical (unpaired) electrons. The number of benzene rings is 1. The number of rotatable bonds is 4. The zero-order valence-corrected chi connectivity index (χ0v) is 18.9. The second-order valence-corrected chi connectivity index (χ2v) is 9.35. The van der Waals surface area contributed by atoms with Gasteiger partial charge in [-0.25, -0.2) is 4.79 Å². The molecule has 0 bridgehead atoms. The summed E-state index contributed by atoms with van der Waals surface area (Å²) in [6, 6.07) is 5.06. The van der Waals surface area contributed by atoms with Gasteiger partial charge in [-0.05, 0) is 31.0 Å². The van der Waals surface area contributed by atoms with E-state index in [9.17, 15) is 14.7 Å². The fourth-order valence-electron chi connectivity index (χ4n) is 7.18. The van der Waals surface area contributed by atoms with Crippen molar-refractivity contribution in [2.24, 2.45) is 5.41 Å². The molecule has 3 heterocycles. The lowest BCUT2D eigenvalue weighted by Crippen LogP contribution is -2.80. The third-order valence-corrected chi connectivity index (χ3v) is 8.22. The summed E-state index contributed by atoms with van der Waals surface area (Å²) in [4.78, 5) is 28.0. The van der Waals surface area contributed by atoms with Gasteiger partial charge in [0.25, 0.3) is 0 Å². The Morgan fingerprint density at radius 2 is 2.09 bits per heavy atom. The third kappa shape index (κ3) is 2.34. The highest BCUT2D eigenvalue weighted by atomic mass is 16.6. The fraction of sp³-hybridized carbons (Fsp3) is 0.583. The number of hydrogen-bond donors (Lipinski definition) is 2. The number of carbonyl (C=O) groups excluding carboxylic acids is 2. The second kappa shape index (κ2) is 6.96. The maximum absolute atomic E-state index is 13.3. The maximum Gasteiger partial charge on any atom is 0.344 e. The SMILES string of the molecule is CC[C@]12C=CCN3CC[C@]4(c5ccc(OC)cc5N[C@@H]4[C@](O)(C(=O)OC)[C@H]1OC(C)=O)[C@H]32. The first kappa shape index (κ1) is 21.3. The molecular weight excluding hydrogens is 412 g/mol. The summed E-state index contributed by atoms with van der Waals surface area (Å²) < 4.78 is 16.4. The van der Waals surface area contributed by atoms with Crippen LogP contribution >= 0.6 is 0 Å². The largest absolute Gasteiger partial charge is 0.497 e. The van der Waals surface area contributed by atoms with E-state index in [-0.39, 0.29) is 6.04 Å². The van der Waals surface area contributed by atoms with Crippen molar-refractivity contribution < 1.29 is 28.9 Å². The van der Waals surface area contributed by atoms with Gasteiger partial charge in [-0.3, -0.25) is 9.69 Å². The maximum atomic E-state index is 13.3. The van der Waals surface area contributed by atoms with Crippen LogP contribution in [0.15, 0.2) is 30.4 Å². The average Bonchev–Trinajstić information content (AvgIpc) is 3.35. The monoisotopic (exact) mass is 442 g/mol. The molecule has 8 heteroatoms. The first-order valence-corrected chi connectivity index (χ1v) is 11.1. The van der Waals surface area contributed by atoms with Gasteiger partial charge in [0.05, 0.1) is 20.3 Å².